The van der Waals surface area contributed by atoms with Crippen LogP contribution in [0.15, 0.2) is 0 Å². The van der Waals surface area contributed by atoms with Crippen LogP contribution in [0.2, 0.25) is 0 Å². The lowest BCUT2D eigenvalue weighted by Gasteiger charge is -2.39. The van der Waals surface area contributed by atoms with E-state index in [-0.39, 0.29) is 0 Å². The summed E-state index contributed by atoms with van der Waals surface area (Å²) in [6.45, 7) is 0.536. The van der Waals surface area contributed by atoms with Gasteiger partial charge in [0.15, 0.2) is 12.4 Å². The second-order valence-electron chi connectivity index (χ2n) is 3.81. The van der Waals surface area contributed by atoms with Crippen molar-refractivity contribution in [3.8, 4) is 0 Å². The quantitative estimate of drug-likeness (QED) is 0.330. The van der Waals surface area contributed by atoms with Crippen molar-refractivity contribution in [1.29, 1.82) is 0 Å². The molecule has 0 aliphatic carbocycles. The Bertz CT molecular complexity index is 268. The molecule has 1 fully saturated rings. The first-order valence-corrected chi connectivity index (χ1v) is 5.07. The van der Waals surface area contributed by atoms with Crippen molar-refractivity contribution in [1.82, 2.24) is 0 Å². The maximum Gasteiger partial charge on any atom is 0.335 e. The number of hydrogen-bond acceptors (Lipinski definition) is 8. The highest BCUT2D eigenvalue weighted by molar-refractivity contribution is 5.74. The van der Waals surface area contributed by atoms with E-state index in [0.717, 1.165) is 6.92 Å². The fourth-order valence-corrected chi connectivity index (χ4v) is 1.44. The van der Waals surface area contributed by atoms with Crippen LogP contribution >= 0.6 is 0 Å². The molecule has 0 bridgehead atoms. The summed E-state index contributed by atoms with van der Waals surface area (Å²) in [6.07, 6.45) is -8.93. The van der Waals surface area contributed by atoms with Gasteiger partial charge < -0.3 is 35.0 Å². The molecule has 1 aliphatic rings. The van der Waals surface area contributed by atoms with Crippen molar-refractivity contribution in [3.63, 3.8) is 0 Å². The Morgan fingerprint density at radius 2 is 1.94 bits per heavy atom. The van der Waals surface area contributed by atoms with Gasteiger partial charge in [-0.15, -0.1) is 0 Å². The van der Waals surface area contributed by atoms with Gasteiger partial charge in [-0.2, -0.15) is 0 Å². The molecule has 0 saturated carbocycles. The number of carbonyl (C=O) groups excluding carboxylic acids is 1. The van der Waals surface area contributed by atoms with Crippen LogP contribution in [0.5, 0.6) is 0 Å². The van der Waals surface area contributed by atoms with Crippen LogP contribution in [-0.4, -0.2) is 74.9 Å². The molecule has 6 atom stereocenters. The molecular weight excluding hydrogens is 236 g/mol. The molecule has 5 N–H and O–H groups in total. The van der Waals surface area contributed by atoms with Crippen molar-refractivity contribution < 1.29 is 39.8 Å². The standard InChI is InChI=1S/C9H16O8/c1-3(11)8(14)17-7-5(12)4(2-10)16-9(15)6(7)13/h3-7,9-13,15H,2H2,1H3/t3?,4-,5-,6-,7+,9-/m1/s1. The first-order chi connectivity index (χ1) is 7.88. The summed E-state index contributed by atoms with van der Waals surface area (Å²) in [5.41, 5.74) is 0. The zero-order valence-electron chi connectivity index (χ0n) is 9.13. The van der Waals surface area contributed by atoms with Gasteiger partial charge in [-0.05, 0) is 6.92 Å². The molecule has 0 spiro atoms. The van der Waals surface area contributed by atoms with Crippen LogP contribution < -0.4 is 0 Å². The Morgan fingerprint density at radius 1 is 1.35 bits per heavy atom. The minimum atomic E-state index is -1.69. The summed E-state index contributed by atoms with van der Waals surface area (Å²) >= 11 is 0. The van der Waals surface area contributed by atoms with E-state index in [0.29, 0.717) is 0 Å². The second-order valence-corrected chi connectivity index (χ2v) is 3.81. The fraction of sp³-hybridized carbons (Fsp3) is 0.889. The van der Waals surface area contributed by atoms with E-state index < -0.39 is 49.4 Å². The van der Waals surface area contributed by atoms with Gasteiger partial charge in [0.2, 0.25) is 0 Å². The van der Waals surface area contributed by atoms with Crippen molar-refractivity contribution in [2.45, 2.75) is 43.7 Å². The molecule has 0 aromatic heterocycles. The van der Waals surface area contributed by atoms with E-state index in [9.17, 15) is 20.1 Å². The molecule has 1 aliphatic heterocycles. The van der Waals surface area contributed by atoms with Crippen molar-refractivity contribution in [2.75, 3.05) is 6.61 Å². The largest absolute Gasteiger partial charge is 0.455 e. The zero-order chi connectivity index (χ0) is 13.2. The molecule has 17 heavy (non-hydrogen) atoms. The number of rotatable bonds is 3. The highest BCUT2D eigenvalue weighted by atomic mass is 16.7. The summed E-state index contributed by atoms with van der Waals surface area (Å²) in [5, 5.41) is 46.2. The van der Waals surface area contributed by atoms with E-state index in [1.165, 1.54) is 0 Å². The Labute approximate surface area is 97.0 Å². The first kappa shape index (κ1) is 14.3. The SMILES string of the molecule is CC(O)C(=O)O[C@@H]1[C@@H](O)[C@H](O)O[C@H](CO)[C@H]1O. The predicted octanol–water partition coefficient (Wildman–Crippen LogP) is -3.29. The highest BCUT2D eigenvalue weighted by Gasteiger charge is 2.46. The molecule has 1 saturated heterocycles. The monoisotopic (exact) mass is 252 g/mol. The lowest BCUT2D eigenvalue weighted by atomic mass is 9.99. The smallest absolute Gasteiger partial charge is 0.335 e. The van der Waals surface area contributed by atoms with Crippen molar-refractivity contribution in [3.05, 3.63) is 0 Å². The lowest BCUT2D eigenvalue weighted by molar-refractivity contribution is -0.290. The normalized spacial score (nSPS) is 39.8. The Kier molecular flexibility index (Phi) is 4.80. The molecule has 1 rings (SSSR count). The molecule has 0 aromatic rings. The van der Waals surface area contributed by atoms with Crippen LogP contribution in [-0.2, 0) is 14.3 Å². The van der Waals surface area contributed by atoms with Gasteiger partial charge in [0, 0.05) is 0 Å². The number of hydrogen-bond donors (Lipinski definition) is 5. The predicted molar refractivity (Wildman–Crippen MR) is 51.5 cm³/mol. The van der Waals surface area contributed by atoms with E-state index >= 15 is 0 Å². The number of esters is 1. The zero-order valence-corrected chi connectivity index (χ0v) is 9.13. The maximum atomic E-state index is 11.1. The molecule has 0 aromatic carbocycles. The van der Waals surface area contributed by atoms with Crippen molar-refractivity contribution >= 4 is 5.97 Å². The molecule has 8 heteroatoms. The summed E-state index contributed by atoms with van der Waals surface area (Å²) in [5.74, 6) is -1.06. The average Bonchev–Trinajstić information content (AvgIpc) is 2.28. The van der Waals surface area contributed by atoms with E-state index in [1.807, 2.05) is 0 Å². The summed E-state index contributed by atoms with van der Waals surface area (Å²) < 4.78 is 9.32. The van der Waals surface area contributed by atoms with Crippen LogP contribution in [0.3, 0.4) is 0 Å². The average molecular weight is 252 g/mol. The van der Waals surface area contributed by atoms with E-state index in [4.69, 9.17) is 10.2 Å². The highest BCUT2D eigenvalue weighted by Crippen LogP contribution is 2.22. The molecule has 0 radical (unpaired) electrons. The number of aliphatic hydroxyl groups excluding tert-OH is 5. The lowest BCUT2D eigenvalue weighted by Crippen LogP contribution is -2.60. The van der Waals surface area contributed by atoms with Gasteiger partial charge in [-0.3, -0.25) is 0 Å². The molecule has 1 heterocycles. The third-order valence-corrected chi connectivity index (χ3v) is 2.43. The molecule has 8 nitrogen and oxygen atoms in total. The van der Waals surface area contributed by atoms with Gasteiger partial charge in [-0.1, -0.05) is 0 Å². The van der Waals surface area contributed by atoms with Crippen molar-refractivity contribution in [2.24, 2.45) is 0 Å². The van der Waals surface area contributed by atoms with E-state index in [1.54, 1.807) is 0 Å². The van der Waals surface area contributed by atoms with Crippen LogP contribution in [0.1, 0.15) is 6.92 Å². The number of ether oxygens (including phenoxy) is 2. The molecular formula is C9H16O8. The third kappa shape index (κ3) is 3.12. The summed E-state index contributed by atoms with van der Waals surface area (Å²) in [6, 6.07) is 0. The second kappa shape index (κ2) is 5.71. The van der Waals surface area contributed by atoms with Crippen LogP contribution in [0, 0.1) is 0 Å². The third-order valence-electron chi connectivity index (χ3n) is 2.43. The van der Waals surface area contributed by atoms with Gasteiger partial charge >= 0.3 is 5.97 Å². The Balaban J connectivity index is 2.75. The van der Waals surface area contributed by atoms with Gasteiger partial charge in [0.25, 0.3) is 0 Å². The van der Waals surface area contributed by atoms with Gasteiger partial charge in [0.05, 0.1) is 6.61 Å². The van der Waals surface area contributed by atoms with Crippen LogP contribution in [0.25, 0.3) is 0 Å². The topological polar surface area (TPSA) is 137 Å². The minimum Gasteiger partial charge on any atom is -0.455 e. The Morgan fingerprint density at radius 3 is 2.41 bits per heavy atom. The van der Waals surface area contributed by atoms with Gasteiger partial charge in [0.1, 0.15) is 24.4 Å². The minimum absolute atomic E-state index is 0.617. The summed E-state index contributed by atoms with van der Waals surface area (Å²) in [4.78, 5) is 11.1. The maximum absolute atomic E-state index is 11.1. The fourth-order valence-electron chi connectivity index (χ4n) is 1.44. The summed E-state index contributed by atoms with van der Waals surface area (Å²) in [7, 11) is 0. The number of carbonyl (C=O) groups is 1. The first-order valence-electron chi connectivity index (χ1n) is 5.07. The van der Waals surface area contributed by atoms with Gasteiger partial charge in [-0.25, -0.2) is 4.79 Å². The van der Waals surface area contributed by atoms with Crippen LogP contribution in [0.4, 0.5) is 0 Å². The molecule has 1 unspecified atom stereocenters. The number of aliphatic hydroxyl groups is 5. The Hall–Kier alpha value is -0.770. The van der Waals surface area contributed by atoms with E-state index in [2.05, 4.69) is 9.47 Å². The molecule has 0 amide bonds. The molecule has 100 valence electrons.